The van der Waals surface area contributed by atoms with Gasteiger partial charge < -0.3 is 19.2 Å². The number of rotatable bonds is 6. The third kappa shape index (κ3) is 3.97. The summed E-state index contributed by atoms with van der Waals surface area (Å²) in [5.41, 5.74) is 2.50. The number of carbonyl (C=O) groups excluding carboxylic acids is 2. The molecule has 2 N–H and O–H groups in total. The van der Waals surface area contributed by atoms with Gasteiger partial charge in [0, 0.05) is 5.56 Å². The summed E-state index contributed by atoms with van der Waals surface area (Å²) in [5, 5.41) is 11.3. The number of nitrogens with zero attached hydrogens (tertiary/aromatic N) is 2. The van der Waals surface area contributed by atoms with E-state index in [0.717, 1.165) is 11.1 Å². The third-order valence-electron chi connectivity index (χ3n) is 5.88. The number of H-pyrrole nitrogens is 1. The molecule has 1 amide bonds. The summed E-state index contributed by atoms with van der Waals surface area (Å²) in [4.78, 5) is 35.3. The average Bonchev–Trinajstić information content (AvgIpc) is 3.56. The van der Waals surface area contributed by atoms with E-state index < -0.39 is 17.7 Å². The van der Waals surface area contributed by atoms with Crippen LogP contribution in [0.1, 0.15) is 36.8 Å². The van der Waals surface area contributed by atoms with Crippen LogP contribution in [0.4, 0.5) is 5.95 Å². The number of aryl methyl sites for hydroxylation is 1. The molecule has 1 unspecified atom stereocenters. The summed E-state index contributed by atoms with van der Waals surface area (Å²) in [6, 6.07) is 14.8. The number of imidazole rings is 1. The van der Waals surface area contributed by atoms with Crippen LogP contribution >= 0.6 is 0 Å². The summed E-state index contributed by atoms with van der Waals surface area (Å²) < 4.78 is 11.4. The summed E-state index contributed by atoms with van der Waals surface area (Å²) in [6.45, 7) is 6.55. The number of carbonyl (C=O) groups is 2. The second-order valence-electron chi connectivity index (χ2n) is 8.95. The Labute approximate surface area is 201 Å². The van der Waals surface area contributed by atoms with Crippen molar-refractivity contribution < 1.29 is 23.8 Å². The number of para-hydroxylation sites is 2. The molecule has 1 fully saturated rings. The van der Waals surface area contributed by atoms with Gasteiger partial charge in [0.15, 0.2) is 0 Å². The van der Waals surface area contributed by atoms with Gasteiger partial charge in [-0.1, -0.05) is 26.0 Å². The molecule has 0 spiro atoms. The quantitative estimate of drug-likeness (QED) is 0.229. The zero-order chi connectivity index (χ0) is 24.7. The van der Waals surface area contributed by atoms with Gasteiger partial charge in [-0.05, 0) is 60.9 Å². The minimum absolute atomic E-state index is 0.0688. The van der Waals surface area contributed by atoms with Crippen LogP contribution < -0.4 is 9.64 Å². The van der Waals surface area contributed by atoms with Gasteiger partial charge in [-0.3, -0.25) is 14.5 Å². The molecule has 0 saturated carbocycles. The van der Waals surface area contributed by atoms with Crippen LogP contribution in [0.25, 0.3) is 16.8 Å². The SMILES string of the molecule is Cc1cc(/C(O)=C2\C(=O)C(=O)N(c3nc4ccccc4[nH]3)C2c2ccco2)ccc1OCC(C)C. The average molecular weight is 472 g/mol. The maximum atomic E-state index is 13.2. The second kappa shape index (κ2) is 8.79. The highest BCUT2D eigenvalue weighted by molar-refractivity contribution is 6.51. The fourth-order valence-electron chi connectivity index (χ4n) is 4.19. The highest BCUT2D eigenvalue weighted by Gasteiger charge is 2.49. The molecule has 0 radical (unpaired) electrons. The number of aromatic amines is 1. The van der Waals surface area contributed by atoms with Crippen molar-refractivity contribution in [3.8, 4) is 5.75 Å². The van der Waals surface area contributed by atoms with Crippen molar-refractivity contribution in [2.45, 2.75) is 26.8 Å². The van der Waals surface area contributed by atoms with Crippen molar-refractivity contribution in [1.29, 1.82) is 0 Å². The smallest absolute Gasteiger partial charge is 0.302 e. The molecule has 5 rings (SSSR count). The van der Waals surface area contributed by atoms with E-state index in [1.54, 1.807) is 36.4 Å². The molecule has 1 aliphatic heterocycles. The zero-order valence-electron chi connectivity index (χ0n) is 19.6. The topological polar surface area (TPSA) is 109 Å². The van der Waals surface area contributed by atoms with Crippen LogP contribution in [-0.2, 0) is 9.59 Å². The first-order valence-corrected chi connectivity index (χ1v) is 11.4. The minimum Gasteiger partial charge on any atom is -0.507 e. The molecule has 0 bridgehead atoms. The van der Waals surface area contributed by atoms with E-state index in [9.17, 15) is 14.7 Å². The van der Waals surface area contributed by atoms with Gasteiger partial charge in [0.1, 0.15) is 23.3 Å². The van der Waals surface area contributed by atoms with Gasteiger partial charge in [-0.15, -0.1) is 0 Å². The van der Waals surface area contributed by atoms with E-state index >= 15 is 0 Å². The van der Waals surface area contributed by atoms with E-state index in [4.69, 9.17) is 9.15 Å². The number of amides is 1. The van der Waals surface area contributed by atoms with Gasteiger partial charge in [0.05, 0.1) is 29.5 Å². The Morgan fingerprint density at radius 3 is 2.66 bits per heavy atom. The normalized spacial score (nSPS) is 17.6. The van der Waals surface area contributed by atoms with Crippen molar-refractivity contribution in [1.82, 2.24) is 9.97 Å². The van der Waals surface area contributed by atoms with E-state index in [1.165, 1.54) is 11.2 Å². The molecule has 8 nitrogen and oxygen atoms in total. The molecule has 4 aromatic rings. The number of furan rings is 1. The van der Waals surface area contributed by atoms with Crippen LogP contribution in [0.5, 0.6) is 5.75 Å². The Bertz CT molecular complexity index is 1420. The number of hydrogen-bond donors (Lipinski definition) is 2. The maximum Gasteiger partial charge on any atom is 0.302 e. The molecule has 8 heteroatoms. The number of aliphatic hydroxyl groups is 1. The Morgan fingerprint density at radius 1 is 1.17 bits per heavy atom. The lowest BCUT2D eigenvalue weighted by Gasteiger charge is -2.20. The lowest BCUT2D eigenvalue weighted by Crippen LogP contribution is -2.30. The largest absolute Gasteiger partial charge is 0.507 e. The Hall–Kier alpha value is -4.33. The molecule has 1 atom stereocenters. The van der Waals surface area contributed by atoms with E-state index in [-0.39, 0.29) is 17.3 Å². The van der Waals surface area contributed by atoms with E-state index in [0.29, 0.717) is 35.1 Å². The molecule has 3 heterocycles. The summed E-state index contributed by atoms with van der Waals surface area (Å²) >= 11 is 0. The Balaban J connectivity index is 1.61. The number of hydrogen-bond acceptors (Lipinski definition) is 6. The lowest BCUT2D eigenvalue weighted by atomic mass is 9.98. The fraction of sp³-hybridized carbons (Fsp3) is 0.222. The molecule has 1 aliphatic rings. The number of anilines is 1. The first kappa shape index (κ1) is 22.5. The van der Waals surface area contributed by atoms with Crippen molar-refractivity contribution in [3.05, 3.63) is 83.3 Å². The molecule has 35 heavy (non-hydrogen) atoms. The first-order chi connectivity index (χ1) is 16.8. The predicted molar refractivity (Wildman–Crippen MR) is 131 cm³/mol. The minimum atomic E-state index is -0.984. The Morgan fingerprint density at radius 2 is 1.97 bits per heavy atom. The summed E-state index contributed by atoms with van der Waals surface area (Å²) in [6.07, 6.45) is 1.46. The molecule has 1 saturated heterocycles. The van der Waals surface area contributed by atoms with Crippen LogP contribution in [0, 0.1) is 12.8 Å². The summed E-state index contributed by atoms with van der Waals surface area (Å²) in [5.74, 6) is -0.322. The number of nitrogens with one attached hydrogen (secondary N) is 1. The van der Waals surface area contributed by atoms with E-state index in [1.807, 2.05) is 25.1 Å². The lowest BCUT2D eigenvalue weighted by molar-refractivity contribution is -0.132. The first-order valence-electron chi connectivity index (χ1n) is 11.4. The van der Waals surface area contributed by atoms with E-state index in [2.05, 4.69) is 23.8 Å². The van der Waals surface area contributed by atoms with Gasteiger partial charge in [-0.25, -0.2) is 4.98 Å². The molecule has 178 valence electrons. The number of ketones is 1. The van der Waals surface area contributed by atoms with Gasteiger partial charge in [0.2, 0.25) is 5.95 Å². The van der Waals surface area contributed by atoms with Crippen molar-refractivity contribution in [2.24, 2.45) is 5.92 Å². The maximum absolute atomic E-state index is 13.2. The molecule has 2 aromatic carbocycles. The van der Waals surface area contributed by atoms with Crippen LogP contribution in [0.3, 0.4) is 0 Å². The third-order valence-corrected chi connectivity index (χ3v) is 5.88. The highest BCUT2D eigenvalue weighted by atomic mass is 16.5. The highest BCUT2D eigenvalue weighted by Crippen LogP contribution is 2.42. The molecular weight excluding hydrogens is 446 g/mol. The van der Waals surface area contributed by atoms with Crippen molar-refractivity contribution >= 4 is 34.4 Å². The molecule has 0 aliphatic carbocycles. The van der Waals surface area contributed by atoms with Crippen molar-refractivity contribution in [3.63, 3.8) is 0 Å². The number of aromatic nitrogens is 2. The number of fused-ring (bicyclic) bond motifs is 1. The molecule has 2 aromatic heterocycles. The van der Waals surface area contributed by atoms with Gasteiger partial charge in [0.25, 0.3) is 5.78 Å². The number of ether oxygens (including phenoxy) is 1. The number of Topliss-reactive ketones (excluding diaryl/α,β-unsaturated/α-hetero) is 1. The van der Waals surface area contributed by atoms with Crippen molar-refractivity contribution in [2.75, 3.05) is 11.5 Å². The Kier molecular flexibility index (Phi) is 5.64. The number of aliphatic hydroxyl groups excluding tert-OH is 1. The van der Waals surface area contributed by atoms with Crippen LogP contribution in [0.15, 0.2) is 70.9 Å². The second-order valence-corrected chi connectivity index (χ2v) is 8.95. The van der Waals surface area contributed by atoms with Crippen LogP contribution in [-0.4, -0.2) is 33.4 Å². The zero-order valence-corrected chi connectivity index (χ0v) is 19.6. The fourth-order valence-corrected chi connectivity index (χ4v) is 4.19. The van der Waals surface area contributed by atoms with Gasteiger partial charge >= 0.3 is 5.91 Å². The monoisotopic (exact) mass is 471 g/mol. The standard InChI is InChI=1S/C27H25N3O5/c1-15(2)14-35-20-11-10-17(13-16(20)3)24(31)22-23(21-9-6-12-34-21)30(26(33)25(22)32)27-28-18-7-4-5-8-19(18)29-27/h4-13,15,23,31H,14H2,1-3H3,(H,28,29)/b24-22+. The predicted octanol–water partition coefficient (Wildman–Crippen LogP) is 5.13. The van der Waals surface area contributed by atoms with Gasteiger partial charge in [-0.2, -0.15) is 0 Å². The molecular formula is C27H25N3O5. The van der Waals surface area contributed by atoms with Crippen LogP contribution in [0.2, 0.25) is 0 Å². The number of benzene rings is 2. The summed E-state index contributed by atoms with van der Waals surface area (Å²) in [7, 11) is 0.